The lowest BCUT2D eigenvalue weighted by molar-refractivity contribution is 0.477. The van der Waals surface area contributed by atoms with Gasteiger partial charge in [0, 0.05) is 17.5 Å². The number of nitrogens with zero attached hydrogens (tertiary/aromatic N) is 3. The number of halogens is 1. The van der Waals surface area contributed by atoms with E-state index in [4.69, 9.17) is 16.6 Å². The Morgan fingerprint density at radius 1 is 1.20 bits per heavy atom. The van der Waals surface area contributed by atoms with E-state index in [1.165, 1.54) is 42.5 Å². The minimum atomic E-state index is 0.518. The molecule has 0 radical (unpaired) electrons. The molecule has 0 aromatic carbocycles. The smallest absolute Gasteiger partial charge is 0.228 e. The molecule has 1 fully saturated rings. The first kappa shape index (κ1) is 12.8. The van der Waals surface area contributed by atoms with Crippen LogP contribution < -0.4 is 4.90 Å². The normalized spacial score (nSPS) is 22.5. The van der Waals surface area contributed by atoms with Crippen LogP contribution in [-0.2, 0) is 12.8 Å². The van der Waals surface area contributed by atoms with Crippen LogP contribution >= 0.6 is 22.9 Å². The summed E-state index contributed by atoms with van der Waals surface area (Å²) in [5.41, 5.74) is 1.41. The maximum absolute atomic E-state index is 6.48. The Morgan fingerprint density at radius 2 is 2.10 bits per heavy atom. The van der Waals surface area contributed by atoms with Gasteiger partial charge in [-0.1, -0.05) is 11.6 Å². The van der Waals surface area contributed by atoms with E-state index < -0.39 is 0 Å². The molecule has 0 saturated carbocycles. The molecule has 106 valence electrons. The summed E-state index contributed by atoms with van der Waals surface area (Å²) in [5, 5.41) is 1.78. The lowest BCUT2D eigenvalue weighted by Gasteiger charge is -2.33. The third kappa shape index (κ3) is 1.92. The van der Waals surface area contributed by atoms with Gasteiger partial charge in [0.15, 0.2) is 0 Å². The van der Waals surface area contributed by atoms with Crippen molar-refractivity contribution in [3.8, 4) is 0 Å². The lowest BCUT2D eigenvalue weighted by Crippen LogP contribution is -2.38. The van der Waals surface area contributed by atoms with Crippen molar-refractivity contribution >= 4 is 39.1 Å². The average molecular weight is 308 g/mol. The Kier molecular flexibility index (Phi) is 3.11. The van der Waals surface area contributed by atoms with Crippen molar-refractivity contribution in [2.75, 3.05) is 11.4 Å². The Hall–Kier alpha value is -0.870. The SMILES string of the molecule is CC1CCCCN1c1nc(Cl)c2c3c(sc2n1)CCC3. The van der Waals surface area contributed by atoms with Crippen LogP contribution in [-0.4, -0.2) is 22.6 Å². The highest BCUT2D eigenvalue weighted by Crippen LogP contribution is 2.40. The van der Waals surface area contributed by atoms with Crippen molar-refractivity contribution in [2.24, 2.45) is 0 Å². The molecule has 3 nitrogen and oxygen atoms in total. The standard InChI is InChI=1S/C15H18ClN3S/c1-9-5-2-3-8-19(9)15-17-13(16)12-10-6-4-7-11(10)20-14(12)18-15/h9H,2-8H2,1H3. The molecule has 0 bridgehead atoms. The minimum absolute atomic E-state index is 0.518. The molecule has 20 heavy (non-hydrogen) atoms. The predicted molar refractivity (Wildman–Crippen MR) is 85.1 cm³/mol. The molecule has 0 amide bonds. The summed E-state index contributed by atoms with van der Waals surface area (Å²) in [6.07, 6.45) is 7.32. The van der Waals surface area contributed by atoms with Crippen LogP contribution in [0.2, 0.25) is 5.15 Å². The summed E-state index contributed by atoms with van der Waals surface area (Å²) in [6.45, 7) is 3.31. The van der Waals surface area contributed by atoms with Crippen LogP contribution in [0, 0.1) is 0 Å². The number of fused-ring (bicyclic) bond motifs is 3. The molecule has 0 N–H and O–H groups in total. The molecule has 1 aliphatic heterocycles. The quantitative estimate of drug-likeness (QED) is 0.739. The Labute approximate surface area is 128 Å². The van der Waals surface area contributed by atoms with E-state index in [1.54, 1.807) is 0 Å². The van der Waals surface area contributed by atoms with Crippen molar-refractivity contribution in [1.29, 1.82) is 0 Å². The zero-order chi connectivity index (χ0) is 13.7. The van der Waals surface area contributed by atoms with Gasteiger partial charge < -0.3 is 4.90 Å². The van der Waals surface area contributed by atoms with Gasteiger partial charge in [0.05, 0.1) is 5.39 Å². The maximum atomic E-state index is 6.48. The largest absolute Gasteiger partial charge is 0.338 e. The predicted octanol–water partition coefficient (Wildman–Crippen LogP) is 4.21. The van der Waals surface area contributed by atoms with Crippen LogP contribution in [0.3, 0.4) is 0 Å². The number of hydrogen-bond acceptors (Lipinski definition) is 4. The summed E-state index contributed by atoms with van der Waals surface area (Å²) >= 11 is 8.30. The molecule has 2 aliphatic rings. The fourth-order valence-electron chi connectivity index (χ4n) is 3.46. The van der Waals surface area contributed by atoms with E-state index in [0.717, 1.165) is 29.1 Å². The topological polar surface area (TPSA) is 29.0 Å². The summed E-state index contributed by atoms with van der Waals surface area (Å²) in [4.78, 5) is 14.3. The average Bonchev–Trinajstić information content (AvgIpc) is 2.98. The molecule has 0 spiro atoms. The monoisotopic (exact) mass is 307 g/mol. The van der Waals surface area contributed by atoms with Crippen molar-refractivity contribution < 1.29 is 0 Å². The minimum Gasteiger partial charge on any atom is -0.338 e. The van der Waals surface area contributed by atoms with Gasteiger partial charge in [-0.3, -0.25) is 0 Å². The fourth-order valence-corrected chi connectivity index (χ4v) is 5.06. The van der Waals surface area contributed by atoms with E-state index in [0.29, 0.717) is 11.2 Å². The van der Waals surface area contributed by atoms with Gasteiger partial charge in [0.25, 0.3) is 0 Å². The van der Waals surface area contributed by atoms with Crippen LogP contribution in [0.25, 0.3) is 10.2 Å². The van der Waals surface area contributed by atoms with Crippen LogP contribution in [0.1, 0.15) is 43.0 Å². The molecule has 5 heteroatoms. The third-order valence-corrected chi connectivity index (χ3v) is 6.03. The Morgan fingerprint density at radius 3 is 2.95 bits per heavy atom. The molecule has 2 aromatic rings. The molecule has 1 atom stereocenters. The number of hydrogen-bond donors (Lipinski definition) is 0. The summed E-state index contributed by atoms with van der Waals surface area (Å²) < 4.78 is 0. The summed E-state index contributed by atoms with van der Waals surface area (Å²) in [5.74, 6) is 0.828. The summed E-state index contributed by atoms with van der Waals surface area (Å²) in [7, 11) is 0. The fraction of sp³-hybridized carbons (Fsp3) is 0.600. The van der Waals surface area contributed by atoms with E-state index in [1.807, 2.05) is 11.3 Å². The zero-order valence-electron chi connectivity index (χ0n) is 11.7. The summed E-state index contributed by atoms with van der Waals surface area (Å²) in [6, 6.07) is 0.518. The highest BCUT2D eigenvalue weighted by Gasteiger charge is 2.25. The van der Waals surface area contributed by atoms with Gasteiger partial charge in [-0.2, -0.15) is 0 Å². The highest BCUT2D eigenvalue weighted by molar-refractivity contribution is 7.19. The van der Waals surface area contributed by atoms with Crippen molar-refractivity contribution in [3.05, 3.63) is 15.6 Å². The number of piperidine rings is 1. The second-order valence-corrected chi connectivity index (χ2v) is 7.33. The van der Waals surface area contributed by atoms with E-state index in [9.17, 15) is 0 Å². The first-order chi connectivity index (χ1) is 9.74. The Balaban J connectivity index is 1.82. The molecular formula is C15H18ClN3S. The van der Waals surface area contributed by atoms with Crippen LogP contribution in [0.5, 0.6) is 0 Å². The van der Waals surface area contributed by atoms with Gasteiger partial charge >= 0.3 is 0 Å². The second-order valence-electron chi connectivity index (χ2n) is 5.89. The number of aromatic nitrogens is 2. The van der Waals surface area contributed by atoms with E-state index in [2.05, 4.69) is 16.8 Å². The third-order valence-electron chi connectivity index (χ3n) is 4.57. The lowest BCUT2D eigenvalue weighted by atomic mass is 10.0. The molecule has 4 rings (SSSR count). The molecule has 2 aromatic heterocycles. The van der Waals surface area contributed by atoms with Crippen molar-refractivity contribution in [3.63, 3.8) is 0 Å². The van der Waals surface area contributed by atoms with Crippen molar-refractivity contribution in [1.82, 2.24) is 9.97 Å². The molecule has 1 saturated heterocycles. The van der Waals surface area contributed by atoms with Gasteiger partial charge in [-0.05, 0) is 51.0 Å². The number of thiophene rings is 1. The number of anilines is 1. The van der Waals surface area contributed by atoms with Crippen molar-refractivity contribution in [2.45, 2.75) is 51.5 Å². The number of rotatable bonds is 1. The first-order valence-corrected chi connectivity index (χ1v) is 8.68. The van der Waals surface area contributed by atoms with Gasteiger partial charge in [0.2, 0.25) is 5.95 Å². The van der Waals surface area contributed by atoms with Gasteiger partial charge in [-0.15, -0.1) is 11.3 Å². The zero-order valence-corrected chi connectivity index (χ0v) is 13.2. The van der Waals surface area contributed by atoms with Crippen LogP contribution in [0.4, 0.5) is 5.95 Å². The Bertz CT molecular complexity index is 667. The maximum Gasteiger partial charge on any atom is 0.228 e. The molecule has 1 aliphatic carbocycles. The second kappa shape index (κ2) is 4.85. The molecule has 1 unspecified atom stereocenters. The van der Waals surface area contributed by atoms with E-state index in [-0.39, 0.29) is 0 Å². The van der Waals surface area contributed by atoms with Crippen LogP contribution in [0.15, 0.2) is 0 Å². The number of aryl methyl sites for hydroxylation is 2. The molecular weight excluding hydrogens is 290 g/mol. The van der Waals surface area contributed by atoms with E-state index >= 15 is 0 Å². The van der Waals surface area contributed by atoms with Gasteiger partial charge in [0.1, 0.15) is 9.98 Å². The highest BCUT2D eigenvalue weighted by atomic mass is 35.5. The molecule has 3 heterocycles. The van der Waals surface area contributed by atoms with Gasteiger partial charge in [-0.25, -0.2) is 9.97 Å². The first-order valence-electron chi connectivity index (χ1n) is 7.48.